The summed E-state index contributed by atoms with van der Waals surface area (Å²) in [6.45, 7) is 3.94. The molecule has 4 aromatic rings. The highest BCUT2D eigenvalue weighted by Crippen LogP contribution is 2.31. The number of thiazole rings is 1. The van der Waals surface area contributed by atoms with Gasteiger partial charge in [0, 0.05) is 11.3 Å². The van der Waals surface area contributed by atoms with Gasteiger partial charge in [0.05, 0.1) is 15.5 Å². The van der Waals surface area contributed by atoms with Crippen molar-refractivity contribution in [1.29, 1.82) is 0 Å². The number of carbonyl (C=O) groups is 1. The second-order valence-corrected chi connectivity index (χ2v) is 9.47. The number of fused-ring (bicyclic) bond motifs is 1. The number of thioether (sulfide) groups is 1. The number of aromatic nitrogens is 3. The molecule has 0 aliphatic rings. The molecular formula is C19H16N4OS3. The van der Waals surface area contributed by atoms with E-state index in [4.69, 9.17) is 4.98 Å². The van der Waals surface area contributed by atoms with E-state index in [2.05, 4.69) is 40.6 Å². The SMILES string of the molecule is Cc1ccc2nc(-c3ccc(NC(=O)[C@@H](C)Sc4nncs4)cc3)sc2c1. The van der Waals surface area contributed by atoms with Crippen LogP contribution in [0, 0.1) is 6.92 Å². The molecule has 0 saturated carbocycles. The molecule has 0 aliphatic carbocycles. The minimum atomic E-state index is -0.245. The van der Waals surface area contributed by atoms with Gasteiger partial charge in [-0.2, -0.15) is 0 Å². The Labute approximate surface area is 168 Å². The highest BCUT2D eigenvalue weighted by molar-refractivity contribution is 8.02. The van der Waals surface area contributed by atoms with Gasteiger partial charge in [0.2, 0.25) is 5.91 Å². The lowest BCUT2D eigenvalue weighted by Crippen LogP contribution is -2.22. The van der Waals surface area contributed by atoms with Gasteiger partial charge in [0.1, 0.15) is 10.5 Å². The Morgan fingerprint density at radius 3 is 2.74 bits per heavy atom. The molecule has 136 valence electrons. The third-order valence-corrected chi connectivity index (χ3v) is 6.91. The van der Waals surface area contributed by atoms with Crippen molar-refractivity contribution in [2.45, 2.75) is 23.4 Å². The van der Waals surface area contributed by atoms with E-state index in [1.54, 1.807) is 16.8 Å². The minimum absolute atomic E-state index is 0.0570. The Morgan fingerprint density at radius 2 is 2.00 bits per heavy atom. The summed E-state index contributed by atoms with van der Waals surface area (Å²) >= 11 is 4.52. The first-order chi connectivity index (χ1) is 13.1. The summed E-state index contributed by atoms with van der Waals surface area (Å²) in [5, 5.41) is 11.4. The molecule has 0 fully saturated rings. The van der Waals surface area contributed by atoms with E-state index in [1.807, 2.05) is 31.2 Å². The Morgan fingerprint density at radius 1 is 1.19 bits per heavy atom. The second kappa shape index (κ2) is 7.75. The molecule has 0 saturated heterocycles. The third kappa shape index (κ3) is 4.18. The average molecular weight is 413 g/mol. The van der Waals surface area contributed by atoms with E-state index < -0.39 is 0 Å². The molecule has 0 unspecified atom stereocenters. The Balaban J connectivity index is 1.45. The zero-order chi connectivity index (χ0) is 18.8. The van der Waals surface area contributed by atoms with Gasteiger partial charge in [-0.15, -0.1) is 21.5 Å². The number of hydrogen-bond donors (Lipinski definition) is 1. The first-order valence-electron chi connectivity index (χ1n) is 8.30. The van der Waals surface area contributed by atoms with Crippen LogP contribution in [0.3, 0.4) is 0 Å². The molecule has 5 nitrogen and oxygen atoms in total. The van der Waals surface area contributed by atoms with Gasteiger partial charge in [-0.1, -0.05) is 29.2 Å². The van der Waals surface area contributed by atoms with Crippen LogP contribution in [0.2, 0.25) is 0 Å². The molecule has 2 heterocycles. The van der Waals surface area contributed by atoms with Crippen LogP contribution in [0.4, 0.5) is 5.69 Å². The highest BCUT2D eigenvalue weighted by atomic mass is 32.2. The fourth-order valence-corrected chi connectivity index (χ4v) is 5.21. The summed E-state index contributed by atoms with van der Waals surface area (Å²) in [4.78, 5) is 17.1. The maximum Gasteiger partial charge on any atom is 0.237 e. The average Bonchev–Trinajstić information content (AvgIpc) is 3.31. The molecule has 4 rings (SSSR count). The predicted octanol–water partition coefficient (Wildman–Crippen LogP) is 5.24. The lowest BCUT2D eigenvalue weighted by atomic mass is 10.2. The van der Waals surface area contributed by atoms with E-state index in [9.17, 15) is 4.79 Å². The molecule has 0 aliphatic heterocycles. The van der Waals surface area contributed by atoms with Crippen molar-refractivity contribution < 1.29 is 4.79 Å². The third-order valence-electron chi connectivity index (χ3n) is 3.93. The first kappa shape index (κ1) is 18.1. The van der Waals surface area contributed by atoms with Gasteiger partial charge in [-0.25, -0.2) is 4.98 Å². The summed E-state index contributed by atoms with van der Waals surface area (Å²) in [5.74, 6) is -0.0570. The van der Waals surface area contributed by atoms with E-state index >= 15 is 0 Å². The molecule has 27 heavy (non-hydrogen) atoms. The van der Waals surface area contributed by atoms with E-state index in [0.717, 1.165) is 26.1 Å². The zero-order valence-electron chi connectivity index (χ0n) is 14.7. The van der Waals surface area contributed by atoms with Crippen molar-refractivity contribution in [3.63, 3.8) is 0 Å². The van der Waals surface area contributed by atoms with Gasteiger partial charge in [-0.05, 0) is 55.8 Å². The number of benzene rings is 2. The first-order valence-corrected chi connectivity index (χ1v) is 10.9. The molecular weight excluding hydrogens is 396 g/mol. The fourth-order valence-electron chi connectivity index (χ4n) is 2.51. The molecule has 8 heteroatoms. The van der Waals surface area contributed by atoms with Crippen LogP contribution in [0.1, 0.15) is 12.5 Å². The Kier molecular flexibility index (Phi) is 5.20. The number of hydrogen-bond acceptors (Lipinski definition) is 7. The number of rotatable bonds is 5. The molecule has 2 aromatic heterocycles. The van der Waals surface area contributed by atoms with Crippen LogP contribution in [0.15, 0.2) is 52.3 Å². The van der Waals surface area contributed by atoms with E-state index in [0.29, 0.717) is 0 Å². The number of nitrogens with zero attached hydrogens (tertiary/aromatic N) is 3. The number of anilines is 1. The van der Waals surface area contributed by atoms with Crippen LogP contribution in [-0.4, -0.2) is 26.3 Å². The maximum atomic E-state index is 12.4. The van der Waals surface area contributed by atoms with Crippen LogP contribution < -0.4 is 5.32 Å². The monoisotopic (exact) mass is 412 g/mol. The number of nitrogens with one attached hydrogen (secondary N) is 1. The predicted molar refractivity (Wildman–Crippen MR) is 114 cm³/mol. The summed E-state index contributed by atoms with van der Waals surface area (Å²) in [6.07, 6.45) is 0. The number of aryl methyl sites for hydroxylation is 1. The van der Waals surface area contributed by atoms with Crippen LogP contribution in [-0.2, 0) is 4.79 Å². The Bertz CT molecular complexity index is 1070. The standard InChI is InChI=1S/C19H16N4OS3/c1-11-3-8-15-16(9-11)27-18(22-15)13-4-6-14(7-5-13)21-17(24)12(2)26-19-23-20-10-25-19/h3-10,12H,1-2H3,(H,21,24)/t12-/m1/s1. The largest absolute Gasteiger partial charge is 0.325 e. The molecule has 1 N–H and O–H groups in total. The summed E-state index contributed by atoms with van der Waals surface area (Å²) in [7, 11) is 0. The normalized spacial score (nSPS) is 12.2. The quantitative estimate of drug-likeness (QED) is 0.454. The van der Waals surface area contributed by atoms with Gasteiger partial charge in [0.25, 0.3) is 0 Å². The molecule has 2 aromatic carbocycles. The van der Waals surface area contributed by atoms with Crippen LogP contribution >= 0.6 is 34.4 Å². The van der Waals surface area contributed by atoms with Crippen molar-refractivity contribution in [2.75, 3.05) is 5.32 Å². The molecule has 0 bridgehead atoms. The van der Waals surface area contributed by atoms with Crippen LogP contribution in [0.5, 0.6) is 0 Å². The number of carbonyl (C=O) groups excluding carboxylic acids is 1. The highest BCUT2D eigenvalue weighted by Gasteiger charge is 2.16. The Hall–Kier alpha value is -2.29. The van der Waals surface area contributed by atoms with Crippen molar-refractivity contribution >= 4 is 56.2 Å². The van der Waals surface area contributed by atoms with Gasteiger partial charge < -0.3 is 5.32 Å². The smallest absolute Gasteiger partial charge is 0.237 e. The lowest BCUT2D eigenvalue weighted by molar-refractivity contribution is -0.115. The molecule has 1 amide bonds. The zero-order valence-corrected chi connectivity index (χ0v) is 17.1. The topological polar surface area (TPSA) is 67.8 Å². The molecule has 0 spiro atoms. The van der Waals surface area contributed by atoms with Crippen molar-refractivity contribution in [2.24, 2.45) is 0 Å². The van der Waals surface area contributed by atoms with Gasteiger partial charge in [0.15, 0.2) is 4.34 Å². The lowest BCUT2D eigenvalue weighted by Gasteiger charge is -2.10. The van der Waals surface area contributed by atoms with Crippen molar-refractivity contribution in [1.82, 2.24) is 15.2 Å². The summed E-state index contributed by atoms with van der Waals surface area (Å²) in [5.41, 5.74) is 5.72. The summed E-state index contributed by atoms with van der Waals surface area (Å²) in [6, 6.07) is 14.1. The minimum Gasteiger partial charge on any atom is -0.325 e. The molecule has 0 radical (unpaired) electrons. The van der Waals surface area contributed by atoms with Crippen molar-refractivity contribution in [3.8, 4) is 10.6 Å². The molecule has 1 atom stereocenters. The maximum absolute atomic E-state index is 12.4. The fraction of sp³-hybridized carbons (Fsp3) is 0.158. The number of amides is 1. The van der Waals surface area contributed by atoms with Gasteiger partial charge >= 0.3 is 0 Å². The van der Waals surface area contributed by atoms with Crippen molar-refractivity contribution in [3.05, 3.63) is 53.5 Å². The van der Waals surface area contributed by atoms with Crippen LogP contribution in [0.25, 0.3) is 20.8 Å². The van der Waals surface area contributed by atoms with E-state index in [-0.39, 0.29) is 11.2 Å². The second-order valence-electron chi connectivity index (χ2n) is 6.02. The van der Waals surface area contributed by atoms with Gasteiger partial charge in [-0.3, -0.25) is 4.79 Å². The summed E-state index contributed by atoms with van der Waals surface area (Å²) < 4.78 is 1.98. The van der Waals surface area contributed by atoms with E-state index in [1.165, 1.54) is 33.4 Å².